The first-order valence-corrected chi connectivity index (χ1v) is 11.5. The smallest absolute Gasteiger partial charge is 0.456 e. The number of nitrogens with one attached hydrogen (secondary N) is 1. The first-order chi connectivity index (χ1) is 16.8. The van der Waals surface area contributed by atoms with Crippen LogP contribution in [0.2, 0.25) is 0 Å². The predicted octanol–water partition coefficient (Wildman–Crippen LogP) is 2.40. The molecule has 0 saturated carbocycles. The van der Waals surface area contributed by atoms with Crippen molar-refractivity contribution in [2.45, 2.75) is 24.0 Å². The van der Waals surface area contributed by atoms with Gasteiger partial charge < -0.3 is 4.74 Å². The standard InChI is InChI=1S/C19H17F5N6O5S/c1-3-7-35-29-16(31)12-5-6-25-15-14(17(28-30(12)15)36(32,33)4-2)11-8-27-13(9-26-11)34-10-18(20,21)19(22,23)24/h3,5-6,8-9H,1,4,7,10H2,2H3,(H,29,31). The summed E-state index contributed by atoms with van der Waals surface area (Å²) in [4.78, 5) is 28.9. The van der Waals surface area contributed by atoms with E-state index in [4.69, 9.17) is 4.84 Å². The Kier molecular flexibility index (Phi) is 7.54. The Labute approximate surface area is 199 Å². The molecule has 194 valence electrons. The van der Waals surface area contributed by atoms with Crippen LogP contribution in [0, 0.1) is 0 Å². The second-order valence-corrected chi connectivity index (χ2v) is 9.10. The third-order valence-corrected chi connectivity index (χ3v) is 6.10. The molecular weight excluding hydrogens is 519 g/mol. The van der Waals surface area contributed by atoms with E-state index in [9.17, 15) is 35.2 Å². The lowest BCUT2D eigenvalue weighted by Crippen LogP contribution is -2.41. The SMILES string of the molecule is C=CCONC(=O)c1ccnc2c(-c3cnc(OCC(F)(F)C(F)(F)F)cn3)c(S(=O)(=O)CC)nn12. The summed E-state index contributed by atoms with van der Waals surface area (Å²) in [5.74, 6) is -6.99. The predicted molar refractivity (Wildman–Crippen MR) is 112 cm³/mol. The van der Waals surface area contributed by atoms with Crippen LogP contribution in [0.1, 0.15) is 17.4 Å². The summed E-state index contributed by atoms with van der Waals surface area (Å²) in [6.45, 7) is 2.72. The number of carbonyl (C=O) groups excluding carboxylic acids is 1. The minimum atomic E-state index is -5.83. The number of aromatic nitrogens is 5. The van der Waals surface area contributed by atoms with E-state index in [1.165, 1.54) is 25.3 Å². The van der Waals surface area contributed by atoms with Crippen molar-refractivity contribution in [1.82, 2.24) is 30.0 Å². The Balaban J connectivity index is 2.04. The third kappa shape index (κ3) is 5.40. The summed E-state index contributed by atoms with van der Waals surface area (Å²) in [6, 6.07) is 1.24. The molecule has 3 aromatic heterocycles. The number of amides is 1. The van der Waals surface area contributed by atoms with Gasteiger partial charge in [0.25, 0.3) is 5.91 Å². The number of hydroxylamine groups is 1. The molecular formula is C19H17F5N6O5S. The largest absolute Gasteiger partial charge is 0.470 e. The minimum Gasteiger partial charge on any atom is -0.470 e. The molecule has 0 aliphatic heterocycles. The highest BCUT2D eigenvalue weighted by atomic mass is 32.2. The Morgan fingerprint density at radius 3 is 2.50 bits per heavy atom. The lowest BCUT2D eigenvalue weighted by atomic mass is 10.2. The third-order valence-electron chi connectivity index (χ3n) is 4.46. The van der Waals surface area contributed by atoms with Crippen molar-refractivity contribution < 1.29 is 44.7 Å². The number of fused-ring (bicyclic) bond motifs is 1. The molecule has 17 heteroatoms. The monoisotopic (exact) mass is 536 g/mol. The number of carbonyl (C=O) groups is 1. The summed E-state index contributed by atoms with van der Waals surface area (Å²) in [5.41, 5.74) is 1.46. The van der Waals surface area contributed by atoms with Crippen molar-refractivity contribution in [3.8, 4) is 17.1 Å². The number of hydrogen-bond acceptors (Lipinski definition) is 9. The van der Waals surface area contributed by atoms with Crippen LogP contribution in [0.4, 0.5) is 22.0 Å². The lowest BCUT2D eigenvalue weighted by molar-refractivity contribution is -0.290. The maximum absolute atomic E-state index is 13.1. The molecule has 0 radical (unpaired) electrons. The molecule has 0 aliphatic rings. The zero-order valence-corrected chi connectivity index (χ0v) is 19.1. The van der Waals surface area contributed by atoms with Gasteiger partial charge in [-0.2, -0.15) is 27.1 Å². The van der Waals surface area contributed by atoms with Crippen molar-refractivity contribution in [1.29, 1.82) is 0 Å². The Bertz CT molecular complexity index is 1380. The van der Waals surface area contributed by atoms with Crippen LogP contribution in [-0.4, -0.2) is 70.0 Å². The second-order valence-electron chi connectivity index (χ2n) is 6.91. The van der Waals surface area contributed by atoms with Gasteiger partial charge in [-0.3, -0.25) is 9.63 Å². The molecule has 1 amide bonds. The highest BCUT2D eigenvalue weighted by molar-refractivity contribution is 7.91. The number of alkyl halides is 5. The highest BCUT2D eigenvalue weighted by Crippen LogP contribution is 2.36. The highest BCUT2D eigenvalue weighted by Gasteiger charge is 2.58. The van der Waals surface area contributed by atoms with Gasteiger partial charge in [0.2, 0.25) is 5.88 Å². The fourth-order valence-corrected chi connectivity index (χ4v) is 3.65. The average Bonchev–Trinajstić information content (AvgIpc) is 3.23. The van der Waals surface area contributed by atoms with Crippen molar-refractivity contribution >= 4 is 21.4 Å². The van der Waals surface area contributed by atoms with Gasteiger partial charge >= 0.3 is 12.1 Å². The number of hydrogen-bond donors (Lipinski definition) is 1. The average molecular weight is 536 g/mol. The number of halogens is 5. The van der Waals surface area contributed by atoms with E-state index >= 15 is 0 Å². The lowest BCUT2D eigenvalue weighted by Gasteiger charge is -2.19. The summed E-state index contributed by atoms with van der Waals surface area (Å²) < 4.78 is 93.9. The number of ether oxygens (including phenoxy) is 1. The maximum Gasteiger partial charge on any atom is 0.456 e. The molecule has 0 atom stereocenters. The van der Waals surface area contributed by atoms with Crippen LogP contribution >= 0.6 is 0 Å². The second kappa shape index (κ2) is 10.1. The summed E-state index contributed by atoms with van der Waals surface area (Å²) in [7, 11) is -4.03. The molecule has 0 unspecified atom stereocenters. The van der Waals surface area contributed by atoms with E-state index in [1.54, 1.807) is 0 Å². The van der Waals surface area contributed by atoms with E-state index < -0.39 is 51.1 Å². The first kappa shape index (κ1) is 26.9. The molecule has 11 nitrogen and oxygen atoms in total. The molecule has 3 heterocycles. The van der Waals surface area contributed by atoms with Crippen LogP contribution in [0.5, 0.6) is 5.88 Å². The molecule has 3 rings (SSSR count). The van der Waals surface area contributed by atoms with Gasteiger partial charge in [0.05, 0.1) is 36.0 Å². The summed E-state index contributed by atoms with van der Waals surface area (Å²) >= 11 is 0. The first-order valence-electron chi connectivity index (χ1n) is 9.85. The van der Waals surface area contributed by atoms with Gasteiger partial charge in [-0.1, -0.05) is 13.0 Å². The summed E-state index contributed by atoms with van der Waals surface area (Å²) in [5, 5.41) is 3.49. The maximum atomic E-state index is 13.1. The molecule has 3 aromatic rings. The fourth-order valence-electron chi connectivity index (χ4n) is 2.66. The Morgan fingerprint density at radius 1 is 1.19 bits per heavy atom. The van der Waals surface area contributed by atoms with E-state index in [0.717, 1.165) is 16.9 Å². The van der Waals surface area contributed by atoms with Crippen LogP contribution < -0.4 is 10.2 Å². The Morgan fingerprint density at radius 2 is 1.92 bits per heavy atom. The van der Waals surface area contributed by atoms with Crippen LogP contribution in [0.15, 0.2) is 42.3 Å². The molecule has 0 fully saturated rings. The molecule has 1 N–H and O–H groups in total. The quantitative estimate of drug-likeness (QED) is 0.179. The minimum absolute atomic E-state index is 0.0152. The van der Waals surface area contributed by atoms with Crippen molar-refractivity contribution in [2.24, 2.45) is 0 Å². The van der Waals surface area contributed by atoms with Gasteiger partial charge in [-0.25, -0.2) is 33.4 Å². The topological polar surface area (TPSA) is 138 Å². The van der Waals surface area contributed by atoms with Gasteiger partial charge in [0.1, 0.15) is 5.69 Å². The number of nitrogens with zero attached hydrogens (tertiary/aromatic N) is 5. The zero-order chi connectivity index (χ0) is 26.7. The van der Waals surface area contributed by atoms with E-state index in [-0.39, 0.29) is 29.2 Å². The summed E-state index contributed by atoms with van der Waals surface area (Å²) in [6.07, 6.45) is -1.65. The zero-order valence-electron chi connectivity index (χ0n) is 18.3. The normalized spacial score (nSPS) is 12.5. The van der Waals surface area contributed by atoms with Crippen LogP contribution in [0.3, 0.4) is 0 Å². The molecule has 0 saturated heterocycles. The van der Waals surface area contributed by atoms with Gasteiger partial charge in [0, 0.05) is 6.20 Å². The number of rotatable bonds is 10. The molecule has 0 aliphatic carbocycles. The molecule has 0 bridgehead atoms. The van der Waals surface area contributed by atoms with Gasteiger partial charge in [0.15, 0.2) is 27.1 Å². The van der Waals surface area contributed by atoms with Crippen molar-refractivity contribution in [3.05, 3.63) is 43.0 Å². The van der Waals surface area contributed by atoms with Gasteiger partial charge in [-0.05, 0) is 6.07 Å². The van der Waals surface area contributed by atoms with E-state index in [0.29, 0.717) is 0 Å². The van der Waals surface area contributed by atoms with Crippen molar-refractivity contribution in [2.75, 3.05) is 19.0 Å². The van der Waals surface area contributed by atoms with Crippen molar-refractivity contribution in [3.63, 3.8) is 0 Å². The molecule has 0 aromatic carbocycles. The van der Waals surface area contributed by atoms with Crippen LogP contribution in [-0.2, 0) is 14.7 Å². The van der Waals surface area contributed by atoms with E-state index in [1.807, 2.05) is 0 Å². The van der Waals surface area contributed by atoms with Gasteiger partial charge in [-0.15, -0.1) is 6.58 Å². The van der Waals surface area contributed by atoms with E-state index in [2.05, 4.69) is 36.8 Å². The van der Waals surface area contributed by atoms with Crippen LogP contribution in [0.25, 0.3) is 16.9 Å². The fraction of sp³-hybridized carbons (Fsp3) is 0.316. The Hall–Kier alpha value is -3.73. The molecule has 0 spiro atoms. The molecule has 36 heavy (non-hydrogen) atoms. The number of sulfone groups is 1.